The molecule has 0 aliphatic rings. The first-order chi connectivity index (χ1) is 9.02. The van der Waals surface area contributed by atoms with Gasteiger partial charge >= 0.3 is 6.09 Å². The van der Waals surface area contributed by atoms with Crippen molar-refractivity contribution in [3.05, 3.63) is 44.9 Å². The molecule has 8 heteroatoms. The van der Waals surface area contributed by atoms with Crippen molar-refractivity contribution in [2.24, 2.45) is 0 Å². The molecule has 19 heavy (non-hydrogen) atoms. The molecule has 1 amide bonds. The highest BCUT2D eigenvalue weighted by Crippen LogP contribution is 2.31. The van der Waals surface area contributed by atoms with Gasteiger partial charge in [0.25, 0.3) is 5.69 Å². The van der Waals surface area contributed by atoms with Crippen LogP contribution in [0.3, 0.4) is 0 Å². The van der Waals surface area contributed by atoms with Gasteiger partial charge in [0.1, 0.15) is 5.69 Å². The van der Waals surface area contributed by atoms with Crippen molar-refractivity contribution in [1.29, 1.82) is 0 Å². The number of carboxylic acid groups (broad SMARTS) is 1. The topological polar surface area (TPSA) is 104 Å². The summed E-state index contributed by atoms with van der Waals surface area (Å²) in [6.45, 7) is 0.541. The third-order valence-corrected chi connectivity index (χ3v) is 2.78. The van der Waals surface area contributed by atoms with E-state index in [-0.39, 0.29) is 12.2 Å². The molecule has 0 aromatic heterocycles. The Bertz CT molecular complexity index is 505. The lowest BCUT2D eigenvalue weighted by molar-refractivity contribution is -0.384. The summed E-state index contributed by atoms with van der Waals surface area (Å²) >= 11 is 3.24. The summed E-state index contributed by atoms with van der Waals surface area (Å²) in [6, 6.07) is 4.69. The van der Waals surface area contributed by atoms with Crippen LogP contribution in [-0.4, -0.2) is 29.2 Å². The van der Waals surface area contributed by atoms with E-state index >= 15 is 0 Å². The fraction of sp³-hybridized carbons (Fsp3) is 0.182. The van der Waals surface area contributed by atoms with Crippen LogP contribution in [0.25, 0.3) is 0 Å². The third-order valence-electron chi connectivity index (χ3n) is 2.12. The number of rotatable bonds is 6. The lowest BCUT2D eigenvalue weighted by atomic mass is 10.2. The average molecular weight is 330 g/mol. The van der Waals surface area contributed by atoms with Crippen LogP contribution in [0, 0.1) is 10.1 Å². The van der Waals surface area contributed by atoms with Gasteiger partial charge in [-0.1, -0.05) is 18.2 Å². The molecule has 0 atom stereocenters. The van der Waals surface area contributed by atoms with Crippen LogP contribution in [-0.2, 0) is 0 Å². The number of nitrogens with one attached hydrogen (secondary N) is 2. The molecule has 0 bridgehead atoms. The summed E-state index contributed by atoms with van der Waals surface area (Å²) in [5.74, 6) is 0. The predicted octanol–water partition coefficient (Wildman–Crippen LogP) is 2.59. The summed E-state index contributed by atoms with van der Waals surface area (Å²) < 4.78 is 0.596. The minimum absolute atomic E-state index is 0.0218. The number of nitrogens with zero attached hydrogens (tertiary/aromatic N) is 1. The molecular weight excluding hydrogens is 318 g/mol. The molecule has 102 valence electrons. The molecule has 0 fully saturated rings. The lowest BCUT2D eigenvalue weighted by Gasteiger charge is -2.06. The van der Waals surface area contributed by atoms with Gasteiger partial charge in [-0.2, -0.15) is 0 Å². The van der Waals surface area contributed by atoms with Crippen LogP contribution in [0.1, 0.15) is 0 Å². The van der Waals surface area contributed by atoms with Gasteiger partial charge in [0.2, 0.25) is 0 Å². The molecule has 0 aliphatic heterocycles. The highest BCUT2D eigenvalue weighted by atomic mass is 79.9. The van der Waals surface area contributed by atoms with Gasteiger partial charge in [-0.15, -0.1) is 0 Å². The molecule has 1 rings (SSSR count). The normalized spacial score (nSPS) is 10.4. The Kier molecular flexibility index (Phi) is 5.80. The number of halogens is 1. The first-order valence-corrected chi connectivity index (χ1v) is 6.10. The zero-order valence-corrected chi connectivity index (χ0v) is 11.4. The van der Waals surface area contributed by atoms with E-state index in [9.17, 15) is 14.9 Å². The number of hydrogen-bond acceptors (Lipinski definition) is 4. The number of carbonyl (C=O) groups is 1. The molecule has 0 heterocycles. The number of para-hydroxylation sites is 1. The Morgan fingerprint density at radius 2 is 2.11 bits per heavy atom. The highest BCUT2D eigenvalue weighted by molar-refractivity contribution is 9.10. The van der Waals surface area contributed by atoms with Gasteiger partial charge in [0.05, 0.1) is 4.92 Å². The van der Waals surface area contributed by atoms with E-state index < -0.39 is 11.0 Å². The standard InChI is InChI=1S/C11H12BrN3O4/c12-8-4-3-5-9(15(18)19)10(8)13-6-1-2-7-14-11(16)17/h1-5,13-14H,6-7H2,(H,16,17)/b2-1+. The number of amides is 1. The van der Waals surface area contributed by atoms with Crippen LogP contribution >= 0.6 is 15.9 Å². The molecule has 1 aromatic rings. The molecular formula is C11H12BrN3O4. The number of nitro groups is 1. The van der Waals surface area contributed by atoms with E-state index in [2.05, 4.69) is 26.6 Å². The minimum Gasteiger partial charge on any atom is -0.465 e. The Balaban J connectivity index is 2.58. The molecule has 0 unspecified atom stereocenters. The van der Waals surface area contributed by atoms with Crippen molar-refractivity contribution in [2.45, 2.75) is 0 Å². The SMILES string of the molecule is O=C(O)NC/C=C/CNc1c(Br)cccc1[N+](=O)[O-]. The number of anilines is 1. The van der Waals surface area contributed by atoms with Gasteiger partial charge < -0.3 is 15.7 Å². The van der Waals surface area contributed by atoms with Gasteiger partial charge in [-0.05, 0) is 22.0 Å². The fourth-order valence-electron chi connectivity index (χ4n) is 1.31. The van der Waals surface area contributed by atoms with E-state index in [0.29, 0.717) is 16.7 Å². The van der Waals surface area contributed by atoms with Crippen molar-refractivity contribution in [3.8, 4) is 0 Å². The fourth-order valence-corrected chi connectivity index (χ4v) is 1.81. The Morgan fingerprint density at radius 1 is 1.42 bits per heavy atom. The monoisotopic (exact) mass is 329 g/mol. The number of benzene rings is 1. The smallest absolute Gasteiger partial charge is 0.404 e. The maximum absolute atomic E-state index is 10.8. The third kappa shape index (κ3) is 4.96. The summed E-state index contributed by atoms with van der Waals surface area (Å²) in [5.41, 5.74) is 0.370. The van der Waals surface area contributed by atoms with Gasteiger partial charge in [0.15, 0.2) is 0 Å². The summed E-state index contributed by atoms with van der Waals surface area (Å²) in [5, 5.41) is 24.2. The first-order valence-electron chi connectivity index (χ1n) is 5.31. The number of hydrogen-bond donors (Lipinski definition) is 3. The lowest BCUT2D eigenvalue weighted by Crippen LogP contribution is -2.20. The van der Waals surface area contributed by atoms with Gasteiger partial charge in [-0.25, -0.2) is 4.79 Å². The summed E-state index contributed by atoms with van der Waals surface area (Å²) in [7, 11) is 0. The Hall–Kier alpha value is -2.09. The summed E-state index contributed by atoms with van der Waals surface area (Å²) in [4.78, 5) is 20.5. The van der Waals surface area contributed by atoms with E-state index in [4.69, 9.17) is 5.11 Å². The zero-order chi connectivity index (χ0) is 14.3. The van der Waals surface area contributed by atoms with Crippen LogP contribution < -0.4 is 10.6 Å². The molecule has 1 aromatic carbocycles. The second-order valence-corrected chi connectivity index (χ2v) is 4.28. The van der Waals surface area contributed by atoms with Crippen molar-refractivity contribution >= 4 is 33.4 Å². The van der Waals surface area contributed by atoms with Crippen molar-refractivity contribution in [1.82, 2.24) is 5.32 Å². The first kappa shape index (κ1) is 15.0. The second kappa shape index (κ2) is 7.37. The van der Waals surface area contributed by atoms with Gasteiger partial charge in [0, 0.05) is 23.6 Å². The van der Waals surface area contributed by atoms with Crippen LogP contribution in [0.4, 0.5) is 16.2 Å². The highest BCUT2D eigenvalue weighted by Gasteiger charge is 2.14. The predicted molar refractivity (Wildman–Crippen MR) is 74.5 cm³/mol. The molecule has 0 aliphatic carbocycles. The van der Waals surface area contributed by atoms with E-state index in [0.717, 1.165) is 0 Å². The molecule has 7 nitrogen and oxygen atoms in total. The molecule has 0 saturated carbocycles. The molecule has 0 spiro atoms. The average Bonchev–Trinajstić information content (AvgIpc) is 2.34. The van der Waals surface area contributed by atoms with Crippen molar-refractivity contribution < 1.29 is 14.8 Å². The van der Waals surface area contributed by atoms with Crippen LogP contribution in [0.5, 0.6) is 0 Å². The van der Waals surface area contributed by atoms with Crippen LogP contribution in [0.2, 0.25) is 0 Å². The Morgan fingerprint density at radius 3 is 2.74 bits per heavy atom. The molecule has 0 radical (unpaired) electrons. The van der Waals surface area contributed by atoms with E-state index in [1.165, 1.54) is 6.07 Å². The van der Waals surface area contributed by atoms with Gasteiger partial charge in [-0.3, -0.25) is 10.1 Å². The van der Waals surface area contributed by atoms with E-state index in [1.54, 1.807) is 24.3 Å². The maximum Gasteiger partial charge on any atom is 0.404 e. The largest absolute Gasteiger partial charge is 0.465 e. The molecule has 3 N–H and O–H groups in total. The summed E-state index contributed by atoms with van der Waals surface area (Å²) in [6.07, 6.45) is 2.20. The minimum atomic E-state index is -1.10. The Labute approximate surface area is 117 Å². The number of nitro benzene ring substituents is 1. The second-order valence-electron chi connectivity index (χ2n) is 3.43. The quantitative estimate of drug-likeness (QED) is 0.422. The van der Waals surface area contributed by atoms with Crippen molar-refractivity contribution in [3.63, 3.8) is 0 Å². The van der Waals surface area contributed by atoms with Crippen LogP contribution in [0.15, 0.2) is 34.8 Å². The van der Waals surface area contributed by atoms with Crippen molar-refractivity contribution in [2.75, 3.05) is 18.4 Å². The zero-order valence-electron chi connectivity index (χ0n) is 9.80. The maximum atomic E-state index is 10.8. The van der Waals surface area contributed by atoms with E-state index in [1.807, 2.05) is 0 Å². The molecule has 0 saturated heterocycles.